The van der Waals surface area contributed by atoms with Gasteiger partial charge in [0.1, 0.15) is 0 Å². The Labute approximate surface area is 249 Å². The Bertz CT molecular complexity index is 1640. The number of aromatic nitrogens is 3. The molecular weight excluding hydrogens is 583 g/mol. The van der Waals surface area contributed by atoms with Crippen LogP contribution in [0, 0.1) is 13.8 Å². The summed E-state index contributed by atoms with van der Waals surface area (Å²) in [5, 5.41) is 13.8. The number of ether oxygens (including phenoxy) is 1. The van der Waals surface area contributed by atoms with Crippen LogP contribution in [0.15, 0.2) is 71.9 Å². The summed E-state index contributed by atoms with van der Waals surface area (Å²) in [4.78, 5) is 37.3. The van der Waals surface area contributed by atoms with Crippen molar-refractivity contribution in [2.45, 2.75) is 38.6 Å². The normalized spacial score (nSPS) is 11.2. The topological polar surface area (TPSA) is 115 Å². The molecule has 2 N–H and O–H groups in total. The molecular formula is C30H28F3N5O4S. The average molecular weight is 612 g/mol. The number of carbonyl (C=O) groups excluding carboxylic acids is 3. The van der Waals surface area contributed by atoms with Gasteiger partial charge >= 0.3 is 12.1 Å². The van der Waals surface area contributed by atoms with Gasteiger partial charge in [-0.3, -0.25) is 14.2 Å². The third kappa shape index (κ3) is 8.01. The van der Waals surface area contributed by atoms with Crippen LogP contribution >= 0.6 is 11.8 Å². The predicted molar refractivity (Wildman–Crippen MR) is 155 cm³/mol. The Morgan fingerprint density at radius 2 is 1.65 bits per heavy atom. The summed E-state index contributed by atoms with van der Waals surface area (Å²) in [6, 6.07) is 16.0. The van der Waals surface area contributed by atoms with Crippen LogP contribution < -0.4 is 10.6 Å². The lowest BCUT2D eigenvalue weighted by atomic mass is 10.1. The van der Waals surface area contributed by atoms with Gasteiger partial charge in [0.25, 0.3) is 5.91 Å². The van der Waals surface area contributed by atoms with Crippen LogP contribution in [0.5, 0.6) is 0 Å². The maximum absolute atomic E-state index is 13.5. The maximum atomic E-state index is 13.5. The second-order valence-corrected chi connectivity index (χ2v) is 10.3. The first-order valence-corrected chi connectivity index (χ1v) is 14.1. The highest BCUT2D eigenvalue weighted by Gasteiger charge is 2.31. The monoisotopic (exact) mass is 611 g/mol. The van der Waals surface area contributed by atoms with Crippen molar-refractivity contribution in [3.63, 3.8) is 0 Å². The smallest absolute Gasteiger partial charge is 0.416 e. The minimum absolute atomic E-state index is 0.118. The quantitative estimate of drug-likeness (QED) is 0.174. The van der Waals surface area contributed by atoms with Gasteiger partial charge in [0.2, 0.25) is 5.91 Å². The first-order valence-electron chi connectivity index (χ1n) is 13.1. The van der Waals surface area contributed by atoms with E-state index in [1.807, 2.05) is 19.9 Å². The number of aryl methyl sites for hydroxylation is 2. The number of nitrogens with zero attached hydrogens (tertiary/aromatic N) is 3. The molecule has 0 atom stereocenters. The molecule has 43 heavy (non-hydrogen) atoms. The van der Waals surface area contributed by atoms with Crippen molar-refractivity contribution in [3.8, 4) is 5.69 Å². The summed E-state index contributed by atoms with van der Waals surface area (Å²) >= 11 is 0.961. The van der Waals surface area contributed by atoms with Crippen LogP contribution in [0.1, 0.15) is 50.2 Å². The highest BCUT2D eigenvalue weighted by molar-refractivity contribution is 7.99. The van der Waals surface area contributed by atoms with E-state index in [0.29, 0.717) is 16.8 Å². The van der Waals surface area contributed by atoms with E-state index in [1.54, 1.807) is 31.2 Å². The second-order valence-electron chi connectivity index (χ2n) is 9.40. The Kier molecular flexibility index (Phi) is 9.86. The zero-order chi connectivity index (χ0) is 31.1. The fourth-order valence-electron chi connectivity index (χ4n) is 3.96. The number of benzene rings is 3. The van der Waals surface area contributed by atoms with E-state index in [0.717, 1.165) is 35.0 Å². The number of carbonyl (C=O) groups is 3. The summed E-state index contributed by atoms with van der Waals surface area (Å²) in [5.41, 5.74) is 2.41. The van der Waals surface area contributed by atoms with Crippen LogP contribution in [0.3, 0.4) is 0 Å². The lowest BCUT2D eigenvalue weighted by Crippen LogP contribution is -2.25. The molecule has 0 radical (unpaired) electrons. The number of amides is 2. The minimum atomic E-state index is -4.59. The Morgan fingerprint density at radius 1 is 0.930 bits per heavy atom. The van der Waals surface area contributed by atoms with Crippen molar-refractivity contribution in [1.29, 1.82) is 0 Å². The first-order chi connectivity index (χ1) is 20.5. The van der Waals surface area contributed by atoms with Gasteiger partial charge in [-0.15, -0.1) is 10.2 Å². The highest BCUT2D eigenvalue weighted by Crippen LogP contribution is 2.32. The van der Waals surface area contributed by atoms with E-state index in [-0.39, 0.29) is 41.5 Å². The SMILES string of the molecule is CCOC(=O)c1ccc(NC(=O)CSc2nnc(CNC(=O)c3ccc(C)c(C)c3)n2-c2cccc(C(F)(F)F)c2)cc1. The van der Waals surface area contributed by atoms with E-state index in [9.17, 15) is 27.6 Å². The van der Waals surface area contributed by atoms with Crippen molar-refractivity contribution >= 4 is 35.2 Å². The molecule has 3 aromatic carbocycles. The second kappa shape index (κ2) is 13.6. The van der Waals surface area contributed by atoms with Crippen LogP contribution in [-0.4, -0.2) is 44.9 Å². The largest absolute Gasteiger partial charge is 0.462 e. The minimum Gasteiger partial charge on any atom is -0.462 e. The number of hydrogen-bond donors (Lipinski definition) is 2. The summed E-state index contributed by atoms with van der Waals surface area (Å²) in [6.45, 7) is 5.61. The molecule has 0 unspecified atom stereocenters. The Morgan fingerprint density at radius 3 is 2.33 bits per heavy atom. The highest BCUT2D eigenvalue weighted by atomic mass is 32.2. The lowest BCUT2D eigenvalue weighted by molar-refractivity contribution is -0.137. The summed E-state index contributed by atoms with van der Waals surface area (Å²) in [7, 11) is 0. The van der Waals surface area contributed by atoms with Crippen molar-refractivity contribution < 1.29 is 32.3 Å². The van der Waals surface area contributed by atoms with Gasteiger partial charge in [0, 0.05) is 11.3 Å². The summed E-state index contributed by atoms with van der Waals surface area (Å²) in [6.07, 6.45) is -4.59. The number of anilines is 1. The van der Waals surface area contributed by atoms with E-state index in [2.05, 4.69) is 20.8 Å². The van der Waals surface area contributed by atoms with Gasteiger partial charge in [0.05, 0.1) is 35.7 Å². The molecule has 0 spiro atoms. The number of halogens is 3. The van der Waals surface area contributed by atoms with Crippen LogP contribution in [0.25, 0.3) is 5.69 Å². The number of thioether (sulfide) groups is 1. The van der Waals surface area contributed by atoms with Gasteiger partial charge < -0.3 is 15.4 Å². The molecule has 0 fully saturated rings. The van der Waals surface area contributed by atoms with Gasteiger partial charge in [-0.1, -0.05) is 23.9 Å². The molecule has 224 valence electrons. The Hall–Kier alpha value is -4.65. The molecule has 0 saturated carbocycles. The number of esters is 1. The number of hydrogen-bond acceptors (Lipinski definition) is 7. The number of rotatable bonds is 10. The maximum Gasteiger partial charge on any atom is 0.416 e. The molecule has 4 rings (SSSR count). The van der Waals surface area contributed by atoms with Crippen molar-refractivity contribution in [3.05, 3.63) is 100 Å². The molecule has 4 aromatic rings. The molecule has 0 saturated heterocycles. The van der Waals surface area contributed by atoms with Gasteiger partial charge in [-0.25, -0.2) is 4.79 Å². The van der Waals surface area contributed by atoms with Crippen molar-refractivity contribution in [2.24, 2.45) is 0 Å². The average Bonchev–Trinajstić information content (AvgIpc) is 3.39. The van der Waals surface area contributed by atoms with Gasteiger partial charge in [-0.2, -0.15) is 13.2 Å². The molecule has 0 aliphatic heterocycles. The van der Waals surface area contributed by atoms with E-state index in [4.69, 9.17) is 4.74 Å². The molecule has 13 heteroatoms. The number of alkyl halides is 3. The zero-order valence-electron chi connectivity index (χ0n) is 23.5. The standard InChI is InChI=1S/C30H28F3N5O4S/c1-4-42-28(41)20-10-12-23(13-11-20)35-26(39)17-43-29-37-36-25(16-34-27(40)21-9-8-18(2)19(3)14-21)38(29)24-7-5-6-22(15-24)30(31,32)33/h5-15H,4,16-17H2,1-3H3,(H,34,40)(H,35,39). The molecule has 0 aliphatic rings. The summed E-state index contributed by atoms with van der Waals surface area (Å²) in [5.74, 6) is -1.26. The summed E-state index contributed by atoms with van der Waals surface area (Å²) < 4.78 is 46.8. The molecule has 0 aliphatic carbocycles. The predicted octanol–water partition coefficient (Wildman–Crippen LogP) is 5.74. The number of nitrogens with one attached hydrogen (secondary N) is 2. The van der Waals surface area contributed by atoms with Crippen molar-refractivity contribution in [1.82, 2.24) is 20.1 Å². The molecule has 1 heterocycles. The molecule has 9 nitrogen and oxygen atoms in total. The molecule has 0 bridgehead atoms. The van der Waals surface area contributed by atoms with E-state index in [1.165, 1.54) is 28.8 Å². The third-order valence-corrected chi connectivity index (χ3v) is 7.25. The van der Waals surface area contributed by atoms with Crippen LogP contribution in [0.2, 0.25) is 0 Å². The van der Waals surface area contributed by atoms with E-state index >= 15 is 0 Å². The van der Waals surface area contributed by atoms with Crippen molar-refractivity contribution in [2.75, 3.05) is 17.7 Å². The van der Waals surface area contributed by atoms with Gasteiger partial charge in [0.15, 0.2) is 11.0 Å². The lowest BCUT2D eigenvalue weighted by Gasteiger charge is -2.14. The molecule has 1 aromatic heterocycles. The van der Waals surface area contributed by atoms with E-state index < -0.39 is 23.6 Å². The molecule has 2 amide bonds. The Balaban J connectivity index is 1.52. The first kappa shape index (κ1) is 31.3. The fourth-order valence-corrected chi connectivity index (χ4v) is 4.74. The van der Waals surface area contributed by atoms with Crippen LogP contribution in [-0.2, 0) is 22.3 Å². The zero-order valence-corrected chi connectivity index (χ0v) is 24.3. The van der Waals surface area contributed by atoms with Crippen LogP contribution in [0.4, 0.5) is 18.9 Å². The fraction of sp³-hybridized carbons (Fsp3) is 0.233. The van der Waals surface area contributed by atoms with Gasteiger partial charge in [-0.05, 0) is 86.5 Å². The third-order valence-electron chi connectivity index (χ3n) is 6.32.